The molecular weight excluding hydrogens is 426 g/mol. The molecule has 0 radical (unpaired) electrons. The number of carbonyl (C=O) groups is 1. The Bertz CT molecular complexity index is 1140. The third-order valence-electron chi connectivity index (χ3n) is 5.55. The number of thiophene rings is 1. The van der Waals surface area contributed by atoms with Crippen molar-refractivity contribution < 1.29 is 4.79 Å². The largest absolute Gasteiger partial charge is 0.348 e. The molecule has 1 aliphatic carbocycles. The summed E-state index contributed by atoms with van der Waals surface area (Å²) in [6.45, 7) is 2.58. The van der Waals surface area contributed by atoms with Crippen molar-refractivity contribution in [3.8, 4) is 0 Å². The molecule has 1 atom stereocenters. The molecule has 0 fully saturated rings. The number of rotatable bonds is 8. The first-order valence-electron chi connectivity index (χ1n) is 10.7. The summed E-state index contributed by atoms with van der Waals surface area (Å²) in [5.74, 6) is 0.165. The molecule has 31 heavy (non-hydrogen) atoms. The van der Waals surface area contributed by atoms with Crippen molar-refractivity contribution >= 4 is 39.9 Å². The van der Waals surface area contributed by atoms with Crippen molar-refractivity contribution in [2.75, 3.05) is 5.75 Å². The van der Waals surface area contributed by atoms with E-state index in [0.29, 0.717) is 22.6 Å². The first kappa shape index (κ1) is 21.8. The van der Waals surface area contributed by atoms with Crippen molar-refractivity contribution in [3.63, 3.8) is 0 Å². The highest BCUT2D eigenvalue weighted by Gasteiger charge is 2.16. The molecule has 0 aliphatic heterocycles. The maximum absolute atomic E-state index is 13.2. The Morgan fingerprint density at radius 3 is 2.90 bits per heavy atom. The van der Waals surface area contributed by atoms with Crippen LogP contribution in [0.15, 0.2) is 63.4 Å². The molecule has 7 heteroatoms. The second-order valence-corrected chi connectivity index (χ2v) is 9.74. The number of nitrogens with one attached hydrogen (secondary N) is 1. The number of carbonyl (C=O) groups excluding carboxylic acids is 1. The zero-order valence-electron chi connectivity index (χ0n) is 17.7. The van der Waals surface area contributed by atoms with Gasteiger partial charge in [-0.1, -0.05) is 41.6 Å². The van der Waals surface area contributed by atoms with Crippen LogP contribution in [-0.2, 0) is 11.3 Å². The zero-order chi connectivity index (χ0) is 21.6. The maximum Gasteiger partial charge on any atom is 0.262 e. The molecule has 1 aromatic carbocycles. The van der Waals surface area contributed by atoms with E-state index in [1.54, 1.807) is 15.9 Å². The summed E-state index contributed by atoms with van der Waals surface area (Å²) in [7, 11) is 0. The van der Waals surface area contributed by atoms with Crippen LogP contribution in [0.3, 0.4) is 0 Å². The normalized spacial score (nSPS) is 14.9. The minimum atomic E-state index is -0.0603. The fourth-order valence-corrected chi connectivity index (χ4v) is 5.44. The lowest BCUT2D eigenvalue weighted by Crippen LogP contribution is -2.29. The molecule has 2 aromatic heterocycles. The van der Waals surface area contributed by atoms with E-state index < -0.39 is 0 Å². The van der Waals surface area contributed by atoms with E-state index in [-0.39, 0.29) is 23.3 Å². The zero-order valence-corrected chi connectivity index (χ0v) is 19.3. The molecule has 1 N–H and O–H groups in total. The molecule has 1 amide bonds. The van der Waals surface area contributed by atoms with Crippen LogP contribution in [0.4, 0.5) is 0 Å². The lowest BCUT2D eigenvalue weighted by molar-refractivity contribution is -0.119. The van der Waals surface area contributed by atoms with Crippen LogP contribution in [-0.4, -0.2) is 21.2 Å². The predicted octanol–water partition coefficient (Wildman–Crippen LogP) is 5.32. The highest BCUT2D eigenvalue weighted by atomic mass is 32.2. The van der Waals surface area contributed by atoms with Gasteiger partial charge in [0, 0.05) is 11.4 Å². The summed E-state index contributed by atoms with van der Waals surface area (Å²) in [6, 6.07) is 11.4. The van der Waals surface area contributed by atoms with Crippen LogP contribution in [0.5, 0.6) is 0 Å². The van der Waals surface area contributed by atoms with E-state index in [1.165, 1.54) is 30.2 Å². The Kier molecular flexibility index (Phi) is 7.25. The second-order valence-electron chi connectivity index (χ2n) is 7.82. The summed E-state index contributed by atoms with van der Waals surface area (Å²) in [6.07, 6.45) is 7.89. The van der Waals surface area contributed by atoms with Gasteiger partial charge in [0.2, 0.25) is 5.91 Å². The molecule has 0 spiro atoms. The number of nitrogens with zero attached hydrogens (tertiary/aromatic N) is 2. The van der Waals surface area contributed by atoms with Crippen molar-refractivity contribution in [2.24, 2.45) is 0 Å². The summed E-state index contributed by atoms with van der Waals surface area (Å²) in [5, 5.41) is 6.28. The minimum absolute atomic E-state index is 0.0295. The van der Waals surface area contributed by atoms with Crippen molar-refractivity contribution in [3.05, 3.63) is 68.7 Å². The number of fused-ring (bicyclic) bond motifs is 1. The molecule has 4 rings (SSSR count). The van der Waals surface area contributed by atoms with Crippen LogP contribution in [0.25, 0.3) is 10.9 Å². The fourth-order valence-electron chi connectivity index (χ4n) is 3.86. The van der Waals surface area contributed by atoms with Crippen LogP contribution in [0.1, 0.15) is 49.9 Å². The van der Waals surface area contributed by atoms with Gasteiger partial charge in [-0.15, -0.1) is 11.3 Å². The van der Waals surface area contributed by atoms with Crippen LogP contribution in [0.2, 0.25) is 0 Å². The first-order valence-corrected chi connectivity index (χ1v) is 12.6. The highest BCUT2D eigenvalue weighted by molar-refractivity contribution is 7.99. The Morgan fingerprint density at radius 1 is 1.26 bits per heavy atom. The van der Waals surface area contributed by atoms with Gasteiger partial charge in [-0.2, -0.15) is 0 Å². The van der Waals surface area contributed by atoms with E-state index in [4.69, 9.17) is 4.98 Å². The smallest absolute Gasteiger partial charge is 0.262 e. The molecule has 0 unspecified atom stereocenters. The van der Waals surface area contributed by atoms with Gasteiger partial charge in [-0.3, -0.25) is 14.2 Å². The van der Waals surface area contributed by atoms with Crippen LogP contribution < -0.4 is 10.9 Å². The number of benzene rings is 1. The number of amides is 1. The van der Waals surface area contributed by atoms with E-state index in [2.05, 4.69) is 11.4 Å². The molecule has 1 aliphatic rings. The Hall–Kier alpha value is -2.38. The van der Waals surface area contributed by atoms with Gasteiger partial charge >= 0.3 is 0 Å². The topological polar surface area (TPSA) is 64.0 Å². The van der Waals surface area contributed by atoms with Gasteiger partial charge in [0.05, 0.1) is 22.7 Å². The van der Waals surface area contributed by atoms with E-state index in [1.807, 2.05) is 48.7 Å². The van der Waals surface area contributed by atoms with E-state index in [9.17, 15) is 9.59 Å². The monoisotopic (exact) mass is 453 g/mol. The predicted molar refractivity (Wildman–Crippen MR) is 129 cm³/mol. The van der Waals surface area contributed by atoms with Gasteiger partial charge in [0.1, 0.15) is 0 Å². The lowest BCUT2D eigenvalue weighted by atomic mass is 9.97. The summed E-state index contributed by atoms with van der Waals surface area (Å²) in [5.41, 5.74) is 2.07. The lowest BCUT2D eigenvalue weighted by Gasteiger charge is -2.16. The number of hydrogen-bond acceptors (Lipinski definition) is 5. The molecule has 0 saturated carbocycles. The van der Waals surface area contributed by atoms with Crippen LogP contribution >= 0.6 is 23.1 Å². The van der Waals surface area contributed by atoms with E-state index >= 15 is 0 Å². The van der Waals surface area contributed by atoms with Crippen molar-refractivity contribution in [2.45, 2.75) is 56.8 Å². The number of thioether (sulfide) groups is 1. The highest BCUT2D eigenvalue weighted by Crippen LogP contribution is 2.23. The number of allylic oxidation sites excluding steroid dienone is 2. The molecular formula is C24H27N3O2S2. The first-order chi connectivity index (χ1) is 15.1. The number of hydrogen-bond donors (Lipinski definition) is 1. The molecule has 5 nitrogen and oxygen atoms in total. The molecule has 2 heterocycles. The van der Waals surface area contributed by atoms with Crippen molar-refractivity contribution in [1.29, 1.82) is 0 Å². The van der Waals surface area contributed by atoms with Crippen molar-refractivity contribution in [1.82, 2.24) is 14.9 Å². The Balaban J connectivity index is 1.51. The summed E-state index contributed by atoms with van der Waals surface area (Å²) in [4.78, 5) is 31.6. The van der Waals surface area contributed by atoms with Crippen LogP contribution in [0, 0.1) is 0 Å². The number of para-hydroxylation sites is 1. The minimum Gasteiger partial charge on any atom is -0.348 e. The molecule has 3 aromatic rings. The third-order valence-corrected chi connectivity index (χ3v) is 7.58. The quantitative estimate of drug-likeness (QED) is 0.285. The SMILES string of the molecule is C[C@H](NC(=O)CSc1nc2ccccc2c(=O)n1CCC1=CCCCC1)c1cccs1. The third kappa shape index (κ3) is 5.46. The average Bonchev–Trinajstić information content (AvgIpc) is 3.33. The standard InChI is InChI=1S/C24H27N3O2S2/c1-17(21-12-7-15-30-21)25-22(28)16-31-24-26-20-11-6-5-10-19(20)23(29)27(24)14-13-18-8-3-2-4-9-18/h5-8,10-12,15,17H,2-4,9,13-14,16H2,1H3,(H,25,28)/t17-/m0/s1. The molecule has 162 valence electrons. The molecule has 0 bridgehead atoms. The van der Waals surface area contributed by atoms with Gasteiger partial charge in [0.15, 0.2) is 5.16 Å². The van der Waals surface area contributed by atoms with E-state index in [0.717, 1.165) is 24.1 Å². The van der Waals surface area contributed by atoms with Gasteiger partial charge in [-0.25, -0.2) is 4.98 Å². The number of aromatic nitrogens is 2. The average molecular weight is 454 g/mol. The Morgan fingerprint density at radius 2 is 2.13 bits per heavy atom. The summed E-state index contributed by atoms with van der Waals surface area (Å²) >= 11 is 2.96. The molecule has 0 saturated heterocycles. The summed E-state index contributed by atoms with van der Waals surface area (Å²) < 4.78 is 1.75. The van der Waals surface area contributed by atoms with Gasteiger partial charge in [0.25, 0.3) is 5.56 Å². The fraction of sp³-hybridized carbons (Fsp3) is 0.375. The second kappa shape index (κ2) is 10.3. The van der Waals surface area contributed by atoms with Gasteiger partial charge in [-0.05, 0) is 62.6 Å². The van der Waals surface area contributed by atoms with Gasteiger partial charge < -0.3 is 5.32 Å². The maximum atomic E-state index is 13.2. The Labute approximate surface area is 190 Å².